The van der Waals surface area contributed by atoms with E-state index in [1.165, 1.54) is 0 Å². The standard InChI is InChI=1S/C28H67N11/c1-25(2)27-23-36-17-15-32-9-7-29-5-6-30-11-13-34-19-21-38-28(26(3)4)24-37-18-16-33-10-8-31-12-14-35-20-22-39-27/h25-39H,5-24H2,1-4H3. The zero-order chi connectivity index (χ0) is 28.2. The maximum absolute atomic E-state index is 3.71. The van der Waals surface area contributed by atoms with E-state index in [0.717, 1.165) is 131 Å². The van der Waals surface area contributed by atoms with Crippen molar-refractivity contribution < 1.29 is 0 Å². The van der Waals surface area contributed by atoms with Gasteiger partial charge in [0, 0.05) is 143 Å². The Morgan fingerprint density at radius 1 is 0.308 bits per heavy atom. The Hall–Kier alpha value is -0.440. The Bertz CT molecular complexity index is 454. The van der Waals surface area contributed by atoms with Crippen molar-refractivity contribution in [3.05, 3.63) is 0 Å². The first-order valence-electron chi connectivity index (χ1n) is 15.9. The molecule has 0 saturated carbocycles. The summed E-state index contributed by atoms with van der Waals surface area (Å²) in [7, 11) is 0. The molecule has 11 heteroatoms. The summed E-state index contributed by atoms with van der Waals surface area (Å²) in [6, 6.07) is 1.00. The number of hydrogen-bond donors (Lipinski definition) is 11. The van der Waals surface area contributed by atoms with Crippen molar-refractivity contribution in [2.45, 2.75) is 39.8 Å². The highest BCUT2D eigenvalue weighted by Crippen LogP contribution is 2.00. The van der Waals surface area contributed by atoms with Crippen LogP contribution in [0.1, 0.15) is 27.7 Å². The van der Waals surface area contributed by atoms with Crippen molar-refractivity contribution in [2.24, 2.45) is 11.8 Å². The molecule has 0 amide bonds. The molecule has 0 spiro atoms. The molecule has 2 unspecified atom stereocenters. The molecule has 1 heterocycles. The molecule has 11 N–H and O–H groups in total. The zero-order valence-electron chi connectivity index (χ0n) is 26.0. The second-order valence-electron chi connectivity index (χ2n) is 11.3. The fraction of sp³-hybridized carbons (Fsp3) is 1.00. The van der Waals surface area contributed by atoms with Crippen molar-refractivity contribution >= 4 is 0 Å². The minimum Gasteiger partial charge on any atom is -0.314 e. The van der Waals surface area contributed by atoms with Gasteiger partial charge in [0.2, 0.25) is 0 Å². The molecule has 1 aliphatic rings. The Balaban J connectivity index is 2.26. The van der Waals surface area contributed by atoms with Gasteiger partial charge < -0.3 is 58.5 Å². The second-order valence-corrected chi connectivity index (χ2v) is 11.3. The predicted molar refractivity (Wildman–Crippen MR) is 169 cm³/mol. The van der Waals surface area contributed by atoms with E-state index in [0.29, 0.717) is 23.9 Å². The largest absolute Gasteiger partial charge is 0.314 e. The number of rotatable bonds is 2. The van der Waals surface area contributed by atoms with Crippen LogP contribution in [0.25, 0.3) is 0 Å². The molecule has 2 atom stereocenters. The van der Waals surface area contributed by atoms with Crippen molar-refractivity contribution in [3.63, 3.8) is 0 Å². The molecule has 1 fully saturated rings. The van der Waals surface area contributed by atoms with Crippen LogP contribution in [0.4, 0.5) is 0 Å². The maximum atomic E-state index is 3.71. The summed E-state index contributed by atoms with van der Waals surface area (Å²) in [5.41, 5.74) is 0. The monoisotopic (exact) mass is 558 g/mol. The van der Waals surface area contributed by atoms with E-state index in [9.17, 15) is 0 Å². The lowest BCUT2D eigenvalue weighted by Crippen LogP contribution is -2.46. The average molecular weight is 558 g/mol. The quantitative estimate of drug-likeness (QED) is 0.177. The molecular weight excluding hydrogens is 490 g/mol. The molecule has 11 nitrogen and oxygen atoms in total. The fourth-order valence-electron chi connectivity index (χ4n) is 4.41. The van der Waals surface area contributed by atoms with Crippen LogP contribution in [0, 0.1) is 11.8 Å². The summed E-state index contributed by atoms with van der Waals surface area (Å²) in [6.07, 6.45) is 0. The van der Waals surface area contributed by atoms with E-state index in [1.54, 1.807) is 0 Å². The first-order valence-corrected chi connectivity index (χ1v) is 15.9. The second kappa shape index (κ2) is 27.7. The van der Waals surface area contributed by atoms with Crippen LogP contribution >= 0.6 is 0 Å². The summed E-state index contributed by atoms with van der Waals surface area (Å²) in [4.78, 5) is 0. The zero-order valence-corrected chi connectivity index (χ0v) is 26.0. The Morgan fingerprint density at radius 2 is 0.513 bits per heavy atom. The van der Waals surface area contributed by atoms with Gasteiger partial charge in [0.25, 0.3) is 0 Å². The molecule has 234 valence electrons. The SMILES string of the molecule is CC(C)C1CNCCNCCNCCNCCNC(C(C)C)CNCCNCCNCCNCCNCCN1. The van der Waals surface area contributed by atoms with Crippen molar-refractivity contribution in [1.82, 2.24) is 58.5 Å². The van der Waals surface area contributed by atoms with Gasteiger partial charge in [-0.1, -0.05) is 27.7 Å². The van der Waals surface area contributed by atoms with Crippen molar-refractivity contribution in [3.8, 4) is 0 Å². The van der Waals surface area contributed by atoms with Crippen LogP contribution in [0.3, 0.4) is 0 Å². The number of nitrogens with one attached hydrogen (secondary N) is 11. The van der Waals surface area contributed by atoms with Gasteiger partial charge in [-0.2, -0.15) is 0 Å². The average Bonchev–Trinajstić information content (AvgIpc) is 2.91. The summed E-state index contributed by atoms with van der Waals surface area (Å²) >= 11 is 0. The van der Waals surface area contributed by atoms with Crippen LogP contribution in [0.2, 0.25) is 0 Å². The smallest absolute Gasteiger partial charge is 0.0215 e. The lowest BCUT2D eigenvalue weighted by molar-refractivity contribution is 0.376. The molecule has 39 heavy (non-hydrogen) atoms. The highest BCUT2D eigenvalue weighted by atomic mass is 15.1. The lowest BCUT2D eigenvalue weighted by Gasteiger charge is -2.23. The van der Waals surface area contributed by atoms with Crippen molar-refractivity contribution in [1.29, 1.82) is 0 Å². The van der Waals surface area contributed by atoms with Gasteiger partial charge in [0.15, 0.2) is 0 Å². The first-order chi connectivity index (χ1) is 19.1. The van der Waals surface area contributed by atoms with Gasteiger partial charge in [-0.05, 0) is 11.8 Å². The van der Waals surface area contributed by atoms with Gasteiger partial charge in [0.05, 0.1) is 0 Å². The highest BCUT2D eigenvalue weighted by Gasteiger charge is 2.12. The van der Waals surface area contributed by atoms with E-state index in [-0.39, 0.29) is 0 Å². The van der Waals surface area contributed by atoms with Gasteiger partial charge in [0.1, 0.15) is 0 Å². The van der Waals surface area contributed by atoms with E-state index in [2.05, 4.69) is 86.2 Å². The minimum atomic E-state index is 0.501. The Labute approximate surface area is 241 Å². The van der Waals surface area contributed by atoms with Crippen LogP contribution < -0.4 is 58.5 Å². The normalized spacial score (nSPS) is 26.3. The fourth-order valence-corrected chi connectivity index (χ4v) is 4.41. The Kier molecular flexibility index (Phi) is 26.0. The van der Waals surface area contributed by atoms with Gasteiger partial charge in [-0.15, -0.1) is 0 Å². The Morgan fingerprint density at radius 3 is 0.744 bits per heavy atom. The predicted octanol–water partition coefficient (Wildman–Crippen LogP) is -2.47. The molecule has 0 aromatic carbocycles. The molecule has 1 rings (SSSR count). The third kappa shape index (κ3) is 23.9. The third-order valence-electron chi connectivity index (χ3n) is 7.10. The van der Waals surface area contributed by atoms with E-state index >= 15 is 0 Å². The van der Waals surface area contributed by atoms with Crippen LogP contribution in [-0.4, -0.2) is 143 Å². The highest BCUT2D eigenvalue weighted by molar-refractivity contribution is 4.75. The van der Waals surface area contributed by atoms with Gasteiger partial charge in [-0.3, -0.25) is 0 Å². The van der Waals surface area contributed by atoms with E-state index in [1.807, 2.05) is 0 Å². The molecule has 0 aromatic rings. The molecule has 0 aliphatic carbocycles. The molecular formula is C28H67N11. The molecule has 0 radical (unpaired) electrons. The van der Waals surface area contributed by atoms with E-state index in [4.69, 9.17) is 0 Å². The molecule has 1 aliphatic heterocycles. The summed E-state index contributed by atoms with van der Waals surface area (Å²) < 4.78 is 0. The summed E-state index contributed by atoms with van der Waals surface area (Å²) in [5, 5.41) is 39.3. The van der Waals surface area contributed by atoms with Gasteiger partial charge in [-0.25, -0.2) is 0 Å². The molecule has 1 saturated heterocycles. The van der Waals surface area contributed by atoms with Crippen LogP contribution in [-0.2, 0) is 0 Å². The molecule has 0 bridgehead atoms. The molecule has 0 aromatic heterocycles. The topological polar surface area (TPSA) is 132 Å². The van der Waals surface area contributed by atoms with Crippen LogP contribution in [0.5, 0.6) is 0 Å². The summed E-state index contributed by atoms with van der Waals surface area (Å²) in [6.45, 7) is 29.3. The first kappa shape index (κ1) is 36.6. The maximum Gasteiger partial charge on any atom is 0.0215 e. The summed E-state index contributed by atoms with van der Waals surface area (Å²) in [5.74, 6) is 1.23. The van der Waals surface area contributed by atoms with Gasteiger partial charge >= 0.3 is 0 Å². The van der Waals surface area contributed by atoms with Crippen LogP contribution in [0.15, 0.2) is 0 Å². The van der Waals surface area contributed by atoms with E-state index < -0.39 is 0 Å². The third-order valence-corrected chi connectivity index (χ3v) is 7.10. The minimum absolute atomic E-state index is 0.501. The lowest BCUT2D eigenvalue weighted by atomic mass is 10.0. The number of hydrogen-bond acceptors (Lipinski definition) is 11. The van der Waals surface area contributed by atoms with Crippen molar-refractivity contribution in [2.75, 3.05) is 131 Å².